The third-order valence-corrected chi connectivity index (χ3v) is 3.47. The molecule has 1 aromatic heterocycles. The van der Waals surface area contributed by atoms with Crippen molar-refractivity contribution in [2.24, 2.45) is 7.05 Å². The van der Waals surface area contributed by atoms with Crippen LogP contribution in [0.3, 0.4) is 0 Å². The Labute approximate surface area is 136 Å². The van der Waals surface area contributed by atoms with E-state index in [4.69, 9.17) is 4.74 Å². The molecule has 1 atom stereocenters. The quantitative estimate of drug-likeness (QED) is 0.793. The highest BCUT2D eigenvalue weighted by molar-refractivity contribution is 5.74. The number of para-hydroxylation sites is 1. The Balaban J connectivity index is 1.69. The highest BCUT2D eigenvalue weighted by atomic mass is 16.5. The van der Waals surface area contributed by atoms with Crippen LogP contribution in [0.25, 0.3) is 0 Å². The average molecular weight is 317 g/mol. The Kier molecular flexibility index (Phi) is 5.96. The molecule has 0 spiro atoms. The Bertz CT molecular complexity index is 614. The molecule has 0 aliphatic carbocycles. The fourth-order valence-electron chi connectivity index (χ4n) is 2.15. The van der Waals surface area contributed by atoms with E-state index in [0.717, 1.165) is 18.0 Å². The molecule has 0 saturated heterocycles. The Morgan fingerprint density at radius 1 is 1.39 bits per heavy atom. The summed E-state index contributed by atoms with van der Waals surface area (Å²) in [5, 5.41) is 10.7. The van der Waals surface area contributed by atoms with Gasteiger partial charge >= 0.3 is 6.03 Å². The van der Waals surface area contributed by atoms with Gasteiger partial charge in [-0.3, -0.25) is 0 Å². The number of ether oxygens (including phenoxy) is 1. The van der Waals surface area contributed by atoms with Crippen LogP contribution in [-0.4, -0.2) is 45.9 Å². The molecule has 0 fully saturated rings. The summed E-state index contributed by atoms with van der Waals surface area (Å²) in [7, 11) is 3.61. The van der Waals surface area contributed by atoms with Gasteiger partial charge in [-0.05, 0) is 25.5 Å². The van der Waals surface area contributed by atoms with Crippen molar-refractivity contribution in [2.75, 3.05) is 20.2 Å². The normalized spacial score (nSPS) is 11.8. The van der Waals surface area contributed by atoms with Crippen molar-refractivity contribution in [3.8, 4) is 5.75 Å². The van der Waals surface area contributed by atoms with Crippen LogP contribution in [0, 0.1) is 0 Å². The fraction of sp³-hybridized carbons (Fsp3) is 0.438. The summed E-state index contributed by atoms with van der Waals surface area (Å²) in [6, 6.07) is 9.31. The molecule has 2 amide bonds. The van der Waals surface area contributed by atoms with E-state index in [1.807, 2.05) is 44.3 Å². The number of benzene rings is 1. The smallest absolute Gasteiger partial charge is 0.317 e. The zero-order chi connectivity index (χ0) is 16.7. The molecule has 0 saturated carbocycles. The van der Waals surface area contributed by atoms with E-state index in [2.05, 4.69) is 15.5 Å². The first-order chi connectivity index (χ1) is 11.1. The van der Waals surface area contributed by atoms with Crippen LogP contribution in [0.15, 0.2) is 36.7 Å². The maximum absolute atomic E-state index is 12.1. The second-order valence-corrected chi connectivity index (χ2v) is 5.41. The first-order valence-corrected chi connectivity index (χ1v) is 7.61. The maximum atomic E-state index is 12.1. The third-order valence-electron chi connectivity index (χ3n) is 3.47. The van der Waals surface area contributed by atoms with Gasteiger partial charge in [-0.2, -0.15) is 0 Å². The lowest BCUT2D eigenvalue weighted by molar-refractivity contribution is 0.199. The van der Waals surface area contributed by atoms with E-state index >= 15 is 0 Å². The zero-order valence-corrected chi connectivity index (χ0v) is 13.8. The molecular formula is C16H23N5O2. The van der Waals surface area contributed by atoms with Crippen molar-refractivity contribution in [3.05, 3.63) is 42.5 Å². The Morgan fingerprint density at radius 3 is 2.78 bits per heavy atom. The van der Waals surface area contributed by atoms with Crippen molar-refractivity contribution < 1.29 is 9.53 Å². The number of hydrogen-bond acceptors (Lipinski definition) is 4. The molecule has 1 N–H and O–H groups in total. The number of nitrogens with zero attached hydrogens (tertiary/aromatic N) is 4. The van der Waals surface area contributed by atoms with Crippen molar-refractivity contribution in [1.29, 1.82) is 0 Å². The number of aryl methyl sites for hydroxylation is 1. The minimum atomic E-state index is -0.196. The monoisotopic (exact) mass is 317 g/mol. The molecule has 0 radical (unpaired) electrons. The van der Waals surface area contributed by atoms with Crippen LogP contribution in [0.1, 0.15) is 25.2 Å². The van der Waals surface area contributed by atoms with E-state index in [0.29, 0.717) is 13.2 Å². The SMILES string of the molecule is CC(NC(=O)N(C)CCCOc1ccccc1)c1nncn1C. The predicted molar refractivity (Wildman–Crippen MR) is 87.1 cm³/mol. The predicted octanol–water partition coefficient (Wildman–Crippen LogP) is 1.99. The van der Waals surface area contributed by atoms with E-state index in [-0.39, 0.29) is 12.1 Å². The molecule has 1 unspecified atom stereocenters. The van der Waals surface area contributed by atoms with Crippen molar-refractivity contribution in [1.82, 2.24) is 25.0 Å². The van der Waals surface area contributed by atoms with Gasteiger partial charge in [0.25, 0.3) is 0 Å². The van der Waals surface area contributed by atoms with Crippen LogP contribution in [0.4, 0.5) is 4.79 Å². The van der Waals surface area contributed by atoms with Crippen molar-refractivity contribution >= 4 is 6.03 Å². The first kappa shape index (κ1) is 16.8. The summed E-state index contributed by atoms with van der Waals surface area (Å²) in [5.74, 6) is 1.56. The maximum Gasteiger partial charge on any atom is 0.317 e. The highest BCUT2D eigenvalue weighted by Gasteiger charge is 2.16. The van der Waals surface area contributed by atoms with Crippen LogP contribution in [0.2, 0.25) is 0 Å². The number of nitrogens with one attached hydrogen (secondary N) is 1. The minimum absolute atomic E-state index is 0.139. The third kappa shape index (κ3) is 4.98. The van der Waals surface area contributed by atoms with Gasteiger partial charge in [-0.25, -0.2) is 4.79 Å². The molecule has 2 aromatic rings. The van der Waals surface area contributed by atoms with Crippen LogP contribution >= 0.6 is 0 Å². The summed E-state index contributed by atoms with van der Waals surface area (Å²) in [5.41, 5.74) is 0. The zero-order valence-electron chi connectivity index (χ0n) is 13.8. The van der Waals surface area contributed by atoms with Crippen molar-refractivity contribution in [3.63, 3.8) is 0 Å². The lowest BCUT2D eigenvalue weighted by atomic mass is 10.3. The van der Waals surface area contributed by atoms with Gasteiger partial charge in [-0.1, -0.05) is 18.2 Å². The fourth-order valence-corrected chi connectivity index (χ4v) is 2.15. The summed E-state index contributed by atoms with van der Waals surface area (Å²) >= 11 is 0. The topological polar surface area (TPSA) is 72.3 Å². The van der Waals surface area contributed by atoms with Gasteiger partial charge in [0.2, 0.25) is 0 Å². The molecular weight excluding hydrogens is 294 g/mol. The molecule has 0 aliphatic rings. The number of hydrogen-bond donors (Lipinski definition) is 1. The van der Waals surface area contributed by atoms with E-state index in [9.17, 15) is 4.79 Å². The highest BCUT2D eigenvalue weighted by Crippen LogP contribution is 2.09. The van der Waals surface area contributed by atoms with Gasteiger partial charge in [-0.15, -0.1) is 10.2 Å². The Morgan fingerprint density at radius 2 is 2.13 bits per heavy atom. The summed E-state index contributed by atoms with van der Waals surface area (Å²) in [6.45, 7) is 3.07. The molecule has 2 rings (SSSR count). The molecule has 124 valence electrons. The van der Waals surface area contributed by atoms with Crippen LogP contribution < -0.4 is 10.1 Å². The molecule has 7 nitrogen and oxygen atoms in total. The second kappa shape index (κ2) is 8.17. The molecule has 0 aliphatic heterocycles. The van der Waals surface area contributed by atoms with Crippen LogP contribution in [0.5, 0.6) is 5.75 Å². The van der Waals surface area contributed by atoms with Crippen molar-refractivity contribution in [2.45, 2.75) is 19.4 Å². The lowest BCUT2D eigenvalue weighted by Gasteiger charge is -2.21. The first-order valence-electron chi connectivity index (χ1n) is 7.61. The van der Waals surface area contributed by atoms with E-state index in [1.54, 1.807) is 22.8 Å². The van der Waals surface area contributed by atoms with Gasteiger partial charge in [0.1, 0.15) is 12.1 Å². The van der Waals surface area contributed by atoms with Gasteiger partial charge in [0.05, 0.1) is 12.6 Å². The summed E-state index contributed by atoms with van der Waals surface area (Å²) < 4.78 is 7.40. The summed E-state index contributed by atoms with van der Waals surface area (Å²) in [4.78, 5) is 13.8. The Hall–Kier alpha value is -2.57. The summed E-state index contributed by atoms with van der Waals surface area (Å²) in [6.07, 6.45) is 2.37. The standard InChI is InChI=1S/C16H23N5O2/c1-13(15-19-17-12-21(15)3)18-16(22)20(2)10-7-11-23-14-8-5-4-6-9-14/h4-6,8-9,12-13H,7,10-11H2,1-3H3,(H,18,22). The van der Waals surface area contributed by atoms with E-state index in [1.165, 1.54) is 0 Å². The average Bonchev–Trinajstić information content (AvgIpc) is 2.98. The largest absolute Gasteiger partial charge is 0.494 e. The molecule has 7 heteroatoms. The number of carbonyl (C=O) groups excluding carboxylic acids is 1. The number of aromatic nitrogens is 3. The van der Waals surface area contributed by atoms with Crippen LogP contribution in [-0.2, 0) is 7.05 Å². The van der Waals surface area contributed by atoms with Gasteiger partial charge in [0.15, 0.2) is 5.82 Å². The molecule has 1 aromatic carbocycles. The number of carbonyl (C=O) groups is 1. The second-order valence-electron chi connectivity index (χ2n) is 5.41. The number of urea groups is 1. The van der Waals surface area contributed by atoms with E-state index < -0.39 is 0 Å². The number of rotatable bonds is 7. The molecule has 23 heavy (non-hydrogen) atoms. The molecule has 1 heterocycles. The minimum Gasteiger partial charge on any atom is -0.494 e. The lowest BCUT2D eigenvalue weighted by Crippen LogP contribution is -2.40. The molecule has 0 bridgehead atoms. The van der Waals surface area contributed by atoms with Gasteiger partial charge < -0.3 is 19.5 Å². The van der Waals surface area contributed by atoms with Gasteiger partial charge in [0, 0.05) is 20.6 Å². The number of amides is 2.